The number of rotatable bonds is 4. The van der Waals surface area contributed by atoms with Crippen LogP contribution in [-0.4, -0.2) is 25.1 Å². The predicted molar refractivity (Wildman–Crippen MR) is 94.9 cm³/mol. The molecular formula is C19H19N3O3. The molecule has 1 aliphatic carbocycles. The van der Waals surface area contributed by atoms with Crippen molar-refractivity contribution in [3.63, 3.8) is 0 Å². The minimum atomic E-state index is -0.259. The third-order valence-corrected chi connectivity index (χ3v) is 4.70. The molecule has 1 fully saturated rings. The maximum Gasteiger partial charge on any atom is 0.319 e. The van der Waals surface area contributed by atoms with Crippen LogP contribution in [0.15, 0.2) is 48.5 Å². The van der Waals surface area contributed by atoms with Gasteiger partial charge >= 0.3 is 6.03 Å². The average Bonchev–Trinajstić information content (AvgIpc) is 3.42. The molecule has 25 heavy (non-hydrogen) atoms. The van der Waals surface area contributed by atoms with Crippen molar-refractivity contribution in [2.24, 2.45) is 0 Å². The first kappa shape index (κ1) is 15.5. The molecule has 1 aliphatic heterocycles. The van der Waals surface area contributed by atoms with E-state index in [1.807, 2.05) is 18.2 Å². The van der Waals surface area contributed by atoms with Gasteiger partial charge < -0.3 is 20.7 Å². The molecule has 2 aliphatic rings. The van der Waals surface area contributed by atoms with Gasteiger partial charge in [0.15, 0.2) is 6.61 Å². The molecule has 2 aromatic carbocycles. The highest BCUT2D eigenvalue weighted by atomic mass is 16.5. The Labute approximate surface area is 145 Å². The van der Waals surface area contributed by atoms with Gasteiger partial charge in [0.05, 0.1) is 5.69 Å². The van der Waals surface area contributed by atoms with Gasteiger partial charge in [-0.05, 0) is 36.6 Å². The van der Waals surface area contributed by atoms with Crippen LogP contribution >= 0.6 is 0 Å². The van der Waals surface area contributed by atoms with Crippen molar-refractivity contribution in [1.82, 2.24) is 5.32 Å². The number of carbonyl (C=O) groups excluding carboxylic acids is 2. The standard InChI is InChI=1S/C19H19N3O3/c23-17-11-25-16-7-6-14(10-15(16)22-17)21-18(24)20-12-19(8-9-19)13-4-2-1-3-5-13/h1-7,10H,8-9,11-12H2,(H,22,23)(H2,20,21,24). The fourth-order valence-electron chi connectivity index (χ4n) is 3.10. The summed E-state index contributed by atoms with van der Waals surface area (Å²) in [6.07, 6.45) is 2.17. The Hall–Kier alpha value is -3.02. The maximum atomic E-state index is 12.2. The monoisotopic (exact) mass is 337 g/mol. The SMILES string of the molecule is O=C1COc2ccc(NC(=O)NCC3(c4ccccc4)CC3)cc2N1. The van der Waals surface area contributed by atoms with Gasteiger partial charge in [0.2, 0.25) is 0 Å². The largest absolute Gasteiger partial charge is 0.482 e. The molecule has 4 rings (SSSR count). The van der Waals surface area contributed by atoms with Gasteiger partial charge in [-0.15, -0.1) is 0 Å². The van der Waals surface area contributed by atoms with Crippen LogP contribution in [0.1, 0.15) is 18.4 Å². The average molecular weight is 337 g/mol. The number of hydrogen-bond donors (Lipinski definition) is 3. The van der Waals surface area contributed by atoms with Crippen molar-refractivity contribution in [3.05, 3.63) is 54.1 Å². The predicted octanol–water partition coefficient (Wildman–Crippen LogP) is 2.87. The molecular weight excluding hydrogens is 318 g/mol. The van der Waals surface area contributed by atoms with E-state index >= 15 is 0 Å². The molecule has 0 spiro atoms. The van der Waals surface area contributed by atoms with E-state index in [1.54, 1.807) is 18.2 Å². The zero-order valence-corrected chi connectivity index (χ0v) is 13.7. The Morgan fingerprint density at radius 2 is 1.96 bits per heavy atom. The molecule has 128 valence electrons. The third-order valence-electron chi connectivity index (χ3n) is 4.70. The van der Waals surface area contributed by atoms with Gasteiger partial charge in [0.25, 0.3) is 5.91 Å². The summed E-state index contributed by atoms with van der Waals surface area (Å²) >= 11 is 0. The molecule has 0 unspecified atom stereocenters. The number of fused-ring (bicyclic) bond motifs is 1. The second-order valence-electron chi connectivity index (χ2n) is 6.50. The number of benzene rings is 2. The van der Waals surface area contributed by atoms with Gasteiger partial charge in [-0.1, -0.05) is 30.3 Å². The van der Waals surface area contributed by atoms with Crippen molar-refractivity contribution >= 4 is 23.3 Å². The van der Waals surface area contributed by atoms with Gasteiger partial charge in [0, 0.05) is 17.6 Å². The lowest BCUT2D eigenvalue weighted by molar-refractivity contribution is -0.118. The molecule has 0 saturated heterocycles. The first-order chi connectivity index (χ1) is 12.1. The van der Waals surface area contributed by atoms with E-state index in [2.05, 4.69) is 28.1 Å². The number of nitrogens with one attached hydrogen (secondary N) is 3. The zero-order chi connectivity index (χ0) is 17.3. The van der Waals surface area contributed by atoms with Crippen LogP contribution in [0, 0.1) is 0 Å². The van der Waals surface area contributed by atoms with Crippen molar-refractivity contribution < 1.29 is 14.3 Å². The molecule has 2 aromatic rings. The molecule has 0 bridgehead atoms. The molecule has 1 heterocycles. The lowest BCUT2D eigenvalue weighted by Gasteiger charge is -2.19. The molecule has 0 radical (unpaired) electrons. The Bertz CT molecular complexity index is 816. The Morgan fingerprint density at radius 1 is 1.16 bits per heavy atom. The summed E-state index contributed by atoms with van der Waals surface area (Å²) < 4.78 is 5.30. The summed E-state index contributed by atoms with van der Waals surface area (Å²) in [5, 5.41) is 8.48. The summed E-state index contributed by atoms with van der Waals surface area (Å²) in [6.45, 7) is 0.621. The number of urea groups is 1. The van der Waals surface area contributed by atoms with Crippen LogP contribution in [0.5, 0.6) is 5.75 Å². The van der Waals surface area contributed by atoms with E-state index in [9.17, 15) is 9.59 Å². The van der Waals surface area contributed by atoms with Crippen LogP contribution in [-0.2, 0) is 10.2 Å². The van der Waals surface area contributed by atoms with Crippen molar-refractivity contribution in [2.45, 2.75) is 18.3 Å². The van der Waals surface area contributed by atoms with E-state index in [-0.39, 0.29) is 24.0 Å². The van der Waals surface area contributed by atoms with E-state index < -0.39 is 0 Å². The summed E-state index contributed by atoms with van der Waals surface area (Å²) in [5.74, 6) is 0.402. The highest BCUT2D eigenvalue weighted by Crippen LogP contribution is 2.47. The number of hydrogen-bond acceptors (Lipinski definition) is 3. The van der Waals surface area contributed by atoms with Crippen LogP contribution in [0.2, 0.25) is 0 Å². The van der Waals surface area contributed by atoms with Crippen LogP contribution in [0.4, 0.5) is 16.2 Å². The quantitative estimate of drug-likeness (QED) is 0.802. The van der Waals surface area contributed by atoms with Crippen molar-refractivity contribution in [3.8, 4) is 5.75 Å². The van der Waals surface area contributed by atoms with E-state index in [1.165, 1.54) is 5.56 Å². The van der Waals surface area contributed by atoms with Gasteiger partial charge in [-0.25, -0.2) is 4.79 Å². The minimum Gasteiger partial charge on any atom is -0.482 e. The number of ether oxygens (including phenoxy) is 1. The van der Waals surface area contributed by atoms with Gasteiger partial charge in [-0.2, -0.15) is 0 Å². The van der Waals surface area contributed by atoms with Crippen LogP contribution in [0.3, 0.4) is 0 Å². The molecule has 0 atom stereocenters. The first-order valence-electron chi connectivity index (χ1n) is 8.32. The Balaban J connectivity index is 1.37. The third kappa shape index (κ3) is 3.28. The molecule has 3 amide bonds. The molecule has 6 heteroatoms. The van der Waals surface area contributed by atoms with Crippen LogP contribution in [0.25, 0.3) is 0 Å². The summed E-state index contributed by atoms with van der Waals surface area (Å²) in [7, 11) is 0. The van der Waals surface area contributed by atoms with E-state index in [4.69, 9.17) is 4.74 Å². The summed E-state index contributed by atoms with van der Waals surface area (Å²) in [4.78, 5) is 23.6. The molecule has 0 aromatic heterocycles. The zero-order valence-electron chi connectivity index (χ0n) is 13.7. The first-order valence-corrected chi connectivity index (χ1v) is 8.32. The highest BCUT2D eigenvalue weighted by molar-refractivity contribution is 5.97. The van der Waals surface area contributed by atoms with Gasteiger partial charge in [-0.3, -0.25) is 4.79 Å². The lowest BCUT2D eigenvalue weighted by Crippen LogP contribution is -2.35. The molecule has 1 saturated carbocycles. The minimum absolute atomic E-state index is 0.0157. The Morgan fingerprint density at radius 3 is 2.72 bits per heavy atom. The Kier molecular flexibility index (Phi) is 3.80. The second-order valence-corrected chi connectivity index (χ2v) is 6.50. The fraction of sp³-hybridized carbons (Fsp3) is 0.263. The summed E-state index contributed by atoms with van der Waals surface area (Å²) in [5.41, 5.74) is 2.50. The normalized spacial score (nSPS) is 16.9. The topological polar surface area (TPSA) is 79.5 Å². The van der Waals surface area contributed by atoms with E-state index in [0.717, 1.165) is 12.8 Å². The number of carbonyl (C=O) groups is 2. The second kappa shape index (κ2) is 6.12. The van der Waals surface area contributed by atoms with Crippen molar-refractivity contribution in [2.75, 3.05) is 23.8 Å². The maximum absolute atomic E-state index is 12.2. The number of anilines is 2. The number of amides is 3. The lowest BCUT2D eigenvalue weighted by atomic mass is 9.96. The molecule has 6 nitrogen and oxygen atoms in total. The fourth-order valence-corrected chi connectivity index (χ4v) is 3.10. The highest BCUT2D eigenvalue weighted by Gasteiger charge is 2.44. The molecule has 3 N–H and O–H groups in total. The smallest absolute Gasteiger partial charge is 0.319 e. The van der Waals surface area contributed by atoms with Gasteiger partial charge in [0.1, 0.15) is 5.75 Å². The van der Waals surface area contributed by atoms with Crippen LogP contribution < -0.4 is 20.7 Å². The van der Waals surface area contributed by atoms with Crippen molar-refractivity contribution in [1.29, 1.82) is 0 Å². The van der Waals surface area contributed by atoms with E-state index in [0.29, 0.717) is 23.7 Å². The summed E-state index contributed by atoms with van der Waals surface area (Å²) in [6, 6.07) is 15.2.